The maximum Gasteiger partial charge on any atom is 0.247 e. The summed E-state index contributed by atoms with van der Waals surface area (Å²) in [5.74, 6) is -0.939. The molecule has 0 fully saturated rings. The van der Waals surface area contributed by atoms with Crippen LogP contribution < -0.4 is 11.1 Å². The van der Waals surface area contributed by atoms with Crippen molar-refractivity contribution in [2.45, 2.75) is 0 Å². The average molecular weight is 180 g/mol. The van der Waals surface area contributed by atoms with Gasteiger partial charge in [-0.15, -0.1) is 0 Å². The number of rotatable bonds is 2. The highest BCUT2D eigenvalue weighted by atomic mass is 19.1. The largest absolute Gasteiger partial charge is 0.396 e. The van der Waals surface area contributed by atoms with Gasteiger partial charge in [0.05, 0.1) is 5.69 Å². The fourth-order valence-electron chi connectivity index (χ4n) is 0.798. The van der Waals surface area contributed by atoms with Gasteiger partial charge < -0.3 is 11.1 Å². The average Bonchev–Trinajstić information content (AvgIpc) is 2.11. The van der Waals surface area contributed by atoms with Crippen molar-refractivity contribution in [1.29, 1.82) is 0 Å². The van der Waals surface area contributed by atoms with E-state index >= 15 is 0 Å². The van der Waals surface area contributed by atoms with Gasteiger partial charge in [-0.25, -0.2) is 4.39 Å². The zero-order chi connectivity index (χ0) is 9.84. The van der Waals surface area contributed by atoms with Crippen LogP contribution in [0.4, 0.5) is 15.8 Å². The van der Waals surface area contributed by atoms with E-state index in [0.717, 1.165) is 12.1 Å². The van der Waals surface area contributed by atoms with Crippen LogP contribution in [-0.2, 0) is 4.79 Å². The monoisotopic (exact) mass is 180 g/mol. The topological polar surface area (TPSA) is 55.1 Å². The van der Waals surface area contributed by atoms with E-state index in [2.05, 4.69) is 11.9 Å². The van der Waals surface area contributed by atoms with Crippen molar-refractivity contribution < 1.29 is 9.18 Å². The number of carbonyl (C=O) groups excluding carboxylic acids is 1. The molecule has 0 aliphatic heterocycles. The van der Waals surface area contributed by atoms with Crippen LogP contribution in [0.15, 0.2) is 30.9 Å². The SMILES string of the molecule is C=CC(=O)Nc1ccc(N)c(F)c1. The van der Waals surface area contributed by atoms with Crippen LogP contribution in [0.5, 0.6) is 0 Å². The van der Waals surface area contributed by atoms with Gasteiger partial charge in [0, 0.05) is 5.69 Å². The third-order valence-corrected chi connectivity index (χ3v) is 1.45. The molecule has 3 nitrogen and oxygen atoms in total. The van der Waals surface area contributed by atoms with Crippen LogP contribution in [-0.4, -0.2) is 5.91 Å². The summed E-state index contributed by atoms with van der Waals surface area (Å²) in [6.45, 7) is 3.27. The lowest BCUT2D eigenvalue weighted by atomic mass is 10.2. The van der Waals surface area contributed by atoms with E-state index in [4.69, 9.17) is 5.73 Å². The Morgan fingerprint density at radius 3 is 2.85 bits per heavy atom. The van der Waals surface area contributed by atoms with E-state index in [-0.39, 0.29) is 11.6 Å². The lowest BCUT2D eigenvalue weighted by Crippen LogP contribution is -2.07. The van der Waals surface area contributed by atoms with Crippen molar-refractivity contribution in [1.82, 2.24) is 0 Å². The lowest BCUT2D eigenvalue weighted by molar-refractivity contribution is -0.111. The van der Waals surface area contributed by atoms with Crippen molar-refractivity contribution in [2.24, 2.45) is 0 Å². The molecule has 0 heterocycles. The molecule has 0 spiro atoms. The van der Waals surface area contributed by atoms with Gasteiger partial charge in [0.25, 0.3) is 0 Å². The van der Waals surface area contributed by atoms with Gasteiger partial charge >= 0.3 is 0 Å². The predicted molar refractivity (Wildman–Crippen MR) is 49.6 cm³/mol. The van der Waals surface area contributed by atoms with Gasteiger partial charge in [0.15, 0.2) is 0 Å². The first-order valence-electron chi connectivity index (χ1n) is 3.62. The summed E-state index contributed by atoms with van der Waals surface area (Å²) in [6.07, 6.45) is 1.11. The summed E-state index contributed by atoms with van der Waals surface area (Å²) in [5.41, 5.74) is 5.65. The molecule has 4 heteroatoms. The number of nitrogens with two attached hydrogens (primary N) is 1. The summed E-state index contributed by atoms with van der Waals surface area (Å²) in [4.78, 5) is 10.8. The van der Waals surface area contributed by atoms with Gasteiger partial charge in [-0.1, -0.05) is 6.58 Å². The van der Waals surface area contributed by atoms with Crippen molar-refractivity contribution in [3.8, 4) is 0 Å². The summed E-state index contributed by atoms with van der Waals surface area (Å²) in [6, 6.07) is 4.05. The molecule has 0 atom stereocenters. The molecule has 0 saturated heterocycles. The molecule has 1 rings (SSSR count). The number of halogens is 1. The number of nitrogen functional groups attached to an aromatic ring is 1. The van der Waals surface area contributed by atoms with Crippen molar-refractivity contribution in [3.63, 3.8) is 0 Å². The number of hydrogen-bond acceptors (Lipinski definition) is 2. The number of amides is 1. The molecular formula is C9H9FN2O. The third kappa shape index (κ3) is 2.30. The molecule has 1 aromatic carbocycles. The molecule has 0 aromatic heterocycles. The predicted octanol–water partition coefficient (Wildman–Crippen LogP) is 1.53. The molecule has 3 N–H and O–H groups in total. The smallest absolute Gasteiger partial charge is 0.247 e. The van der Waals surface area contributed by atoms with Gasteiger partial charge in [0.2, 0.25) is 5.91 Å². The first-order valence-corrected chi connectivity index (χ1v) is 3.62. The van der Waals surface area contributed by atoms with Crippen LogP contribution in [0.2, 0.25) is 0 Å². The highest BCUT2D eigenvalue weighted by molar-refractivity contribution is 5.98. The summed E-state index contributed by atoms with van der Waals surface area (Å²) < 4.78 is 12.8. The minimum Gasteiger partial charge on any atom is -0.396 e. The Labute approximate surface area is 75.1 Å². The zero-order valence-corrected chi connectivity index (χ0v) is 6.88. The van der Waals surface area contributed by atoms with Gasteiger partial charge in [-0.3, -0.25) is 4.79 Å². The number of nitrogens with one attached hydrogen (secondary N) is 1. The second-order valence-corrected chi connectivity index (χ2v) is 2.43. The Bertz CT molecular complexity index is 349. The molecule has 68 valence electrons. The second-order valence-electron chi connectivity index (χ2n) is 2.43. The fraction of sp³-hybridized carbons (Fsp3) is 0. The molecule has 1 aromatic rings. The molecule has 0 bridgehead atoms. The first kappa shape index (κ1) is 9.25. The van der Waals surface area contributed by atoms with Crippen LogP contribution in [0, 0.1) is 5.82 Å². The van der Waals surface area contributed by atoms with Gasteiger partial charge in [-0.2, -0.15) is 0 Å². The van der Waals surface area contributed by atoms with Crippen LogP contribution >= 0.6 is 0 Å². The Kier molecular flexibility index (Phi) is 2.64. The Morgan fingerprint density at radius 1 is 1.62 bits per heavy atom. The normalized spacial score (nSPS) is 9.31. The quantitative estimate of drug-likeness (QED) is 0.535. The standard InChI is InChI=1S/C9H9FN2O/c1-2-9(13)12-6-3-4-8(11)7(10)5-6/h2-5H,1,11H2,(H,12,13). The van der Waals surface area contributed by atoms with Crippen molar-refractivity contribution >= 4 is 17.3 Å². The number of carbonyl (C=O) groups is 1. The van der Waals surface area contributed by atoms with E-state index in [9.17, 15) is 9.18 Å². The number of benzene rings is 1. The Hall–Kier alpha value is -1.84. The first-order chi connectivity index (χ1) is 6.13. The third-order valence-electron chi connectivity index (χ3n) is 1.45. The molecule has 0 aliphatic carbocycles. The molecule has 0 aliphatic rings. The number of hydrogen-bond donors (Lipinski definition) is 2. The summed E-state index contributed by atoms with van der Waals surface area (Å²) in [7, 11) is 0. The highest BCUT2D eigenvalue weighted by Crippen LogP contribution is 2.15. The number of anilines is 2. The maximum atomic E-state index is 12.8. The minimum absolute atomic E-state index is 0.0524. The van der Waals surface area contributed by atoms with E-state index in [1.165, 1.54) is 12.1 Å². The molecular weight excluding hydrogens is 171 g/mol. The van der Waals surface area contributed by atoms with Crippen LogP contribution in [0.1, 0.15) is 0 Å². The fourth-order valence-corrected chi connectivity index (χ4v) is 0.798. The summed E-state index contributed by atoms with van der Waals surface area (Å²) >= 11 is 0. The summed E-state index contributed by atoms with van der Waals surface area (Å²) in [5, 5.41) is 2.41. The van der Waals surface area contributed by atoms with Crippen molar-refractivity contribution in [3.05, 3.63) is 36.7 Å². The van der Waals surface area contributed by atoms with Crippen molar-refractivity contribution in [2.75, 3.05) is 11.1 Å². The van der Waals surface area contributed by atoms with E-state index in [0.29, 0.717) is 5.69 Å². The van der Waals surface area contributed by atoms with Gasteiger partial charge in [-0.05, 0) is 24.3 Å². The second kappa shape index (κ2) is 3.71. The van der Waals surface area contributed by atoms with E-state index in [1.54, 1.807) is 0 Å². The Balaban J connectivity index is 2.85. The minimum atomic E-state index is -0.554. The van der Waals surface area contributed by atoms with E-state index < -0.39 is 5.82 Å². The lowest BCUT2D eigenvalue weighted by Gasteiger charge is -2.02. The maximum absolute atomic E-state index is 12.8. The van der Waals surface area contributed by atoms with Crippen LogP contribution in [0.3, 0.4) is 0 Å². The van der Waals surface area contributed by atoms with E-state index in [1.807, 2.05) is 0 Å². The zero-order valence-electron chi connectivity index (χ0n) is 6.88. The van der Waals surface area contributed by atoms with Crippen LogP contribution in [0.25, 0.3) is 0 Å². The Morgan fingerprint density at radius 2 is 2.31 bits per heavy atom. The molecule has 13 heavy (non-hydrogen) atoms. The van der Waals surface area contributed by atoms with Gasteiger partial charge in [0.1, 0.15) is 5.82 Å². The molecule has 0 saturated carbocycles. The highest BCUT2D eigenvalue weighted by Gasteiger charge is 2.01. The molecule has 0 unspecified atom stereocenters. The molecule has 1 amide bonds. The molecule has 0 radical (unpaired) electrons.